The highest BCUT2D eigenvalue weighted by Crippen LogP contribution is 2.32. The highest BCUT2D eigenvalue weighted by atomic mass is 16.2. The molecule has 1 fully saturated rings. The van der Waals surface area contributed by atoms with E-state index >= 15 is 0 Å². The maximum atomic E-state index is 11.6. The monoisotopic (exact) mass is 235 g/mol. The van der Waals surface area contributed by atoms with E-state index in [-0.39, 0.29) is 29.7 Å². The van der Waals surface area contributed by atoms with Crippen LogP contribution in [0.15, 0.2) is 12.5 Å². The van der Waals surface area contributed by atoms with Crippen LogP contribution >= 0.6 is 0 Å². The van der Waals surface area contributed by atoms with Gasteiger partial charge in [-0.1, -0.05) is 6.92 Å². The van der Waals surface area contributed by atoms with Crippen LogP contribution in [0.1, 0.15) is 44.8 Å². The van der Waals surface area contributed by atoms with E-state index in [1.165, 1.54) is 0 Å². The fraction of sp³-hybridized carbons (Fsp3) is 0.583. The molecule has 1 aromatic heterocycles. The Bertz CT molecular complexity index is 450. The van der Waals surface area contributed by atoms with E-state index in [1.54, 1.807) is 12.5 Å². The second-order valence-electron chi connectivity index (χ2n) is 4.83. The molecule has 2 heterocycles. The highest BCUT2D eigenvalue weighted by Gasteiger charge is 2.35. The standard InChI is InChI=1S/C12H17N3O2/c1-7(2)15-6-13-5-10(15)9-4-11(16)14-12(17)8(9)3/h5-9H,4H2,1-3H3,(H,14,16,17). The normalized spacial score (nSPS) is 25.2. The van der Waals surface area contributed by atoms with E-state index in [0.717, 1.165) is 5.69 Å². The summed E-state index contributed by atoms with van der Waals surface area (Å²) in [7, 11) is 0. The smallest absolute Gasteiger partial charge is 0.230 e. The maximum Gasteiger partial charge on any atom is 0.230 e. The minimum absolute atomic E-state index is 0.0684. The summed E-state index contributed by atoms with van der Waals surface area (Å²) < 4.78 is 2.02. The van der Waals surface area contributed by atoms with Gasteiger partial charge in [0.2, 0.25) is 11.8 Å². The minimum atomic E-state index is -0.199. The first-order valence-corrected chi connectivity index (χ1v) is 5.86. The van der Waals surface area contributed by atoms with Crippen LogP contribution in [0.3, 0.4) is 0 Å². The first kappa shape index (κ1) is 11.8. The average Bonchev–Trinajstić information content (AvgIpc) is 2.72. The summed E-state index contributed by atoms with van der Waals surface area (Å²) >= 11 is 0. The molecule has 1 aromatic rings. The Labute approximate surface area is 100 Å². The van der Waals surface area contributed by atoms with Gasteiger partial charge in [-0.25, -0.2) is 4.98 Å². The molecular formula is C12H17N3O2. The van der Waals surface area contributed by atoms with Crippen LogP contribution in [0.5, 0.6) is 0 Å². The molecule has 0 aliphatic carbocycles. The van der Waals surface area contributed by atoms with Crippen molar-refractivity contribution < 1.29 is 9.59 Å². The van der Waals surface area contributed by atoms with Gasteiger partial charge in [-0.2, -0.15) is 0 Å². The van der Waals surface area contributed by atoms with Crippen molar-refractivity contribution in [1.29, 1.82) is 0 Å². The van der Waals surface area contributed by atoms with Crippen molar-refractivity contribution in [3.63, 3.8) is 0 Å². The topological polar surface area (TPSA) is 64.0 Å². The lowest BCUT2D eigenvalue weighted by Gasteiger charge is -2.28. The Morgan fingerprint density at radius 1 is 1.47 bits per heavy atom. The molecule has 2 rings (SSSR count). The molecule has 1 N–H and O–H groups in total. The number of piperidine rings is 1. The zero-order valence-electron chi connectivity index (χ0n) is 10.3. The van der Waals surface area contributed by atoms with Gasteiger partial charge in [-0.15, -0.1) is 0 Å². The summed E-state index contributed by atoms with van der Waals surface area (Å²) in [6.45, 7) is 5.96. The van der Waals surface area contributed by atoms with Gasteiger partial charge in [0.15, 0.2) is 0 Å². The van der Waals surface area contributed by atoms with Gasteiger partial charge in [0.05, 0.1) is 6.33 Å². The van der Waals surface area contributed by atoms with E-state index in [1.807, 2.05) is 11.5 Å². The Kier molecular flexibility index (Phi) is 3.00. The number of imidazole rings is 1. The van der Waals surface area contributed by atoms with Crippen molar-refractivity contribution in [2.75, 3.05) is 0 Å². The van der Waals surface area contributed by atoms with E-state index < -0.39 is 0 Å². The SMILES string of the molecule is CC1C(=O)NC(=O)CC1c1cncn1C(C)C. The lowest BCUT2D eigenvalue weighted by atomic mass is 9.84. The number of nitrogens with one attached hydrogen (secondary N) is 1. The second kappa shape index (κ2) is 4.31. The third-order valence-corrected chi connectivity index (χ3v) is 3.32. The first-order chi connectivity index (χ1) is 8.00. The molecule has 2 amide bonds. The predicted molar refractivity (Wildman–Crippen MR) is 62.3 cm³/mol. The number of hydrogen-bond acceptors (Lipinski definition) is 3. The van der Waals surface area contributed by atoms with Crippen LogP contribution in [-0.4, -0.2) is 21.4 Å². The molecule has 92 valence electrons. The van der Waals surface area contributed by atoms with Gasteiger partial charge >= 0.3 is 0 Å². The molecule has 17 heavy (non-hydrogen) atoms. The fourth-order valence-corrected chi connectivity index (χ4v) is 2.26. The van der Waals surface area contributed by atoms with E-state index in [9.17, 15) is 9.59 Å². The Morgan fingerprint density at radius 3 is 2.82 bits per heavy atom. The Hall–Kier alpha value is -1.65. The number of carbonyl (C=O) groups excluding carboxylic acids is 2. The van der Waals surface area contributed by atoms with Crippen LogP contribution < -0.4 is 5.32 Å². The van der Waals surface area contributed by atoms with E-state index in [4.69, 9.17) is 0 Å². The number of rotatable bonds is 2. The van der Waals surface area contributed by atoms with Gasteiger partial charge < -0.3 is 4.57 Å². The molecule has 0 saturated carbocycles. The zero-order valence-corrected chi connectivity index (χ0v) is 10.3. The molecule has 0 bridgehead atoms. The van der Waals surface area contributed by atoms with Crippen molar-refractivity contribution in [3.8, 4) is 0 Å². The summed E-state index contributed by atoms with van der Waals surface area (Å²) in [6.07, 6.45) is 3.86. The second-order valence-corrected chi connectivity index (χ2v) is 4.83. The summed E-state index contributed by atoms with van der Waals surface area (Å²) in [5.74, 6) is -0.652. The highest BCUT2D eigenvalue weighted by molar-refractivity contribution is 5.99. The summed E-state index contributed by atoms with van der Waals surface area (Å²) in [6, 6.07) is 0.278. The molecule has 2 atom stereocenters. The lowest BCUT2D eigenvalue weighted by molar-refractivity contribution is -0.136. The van der Waals surface area contributed by atoms with Crippen molar-refractivity contribution in [2.24, 2.45) is 5.92 Å². The first-order valence-electron chi connectivity index (χ1n) is 5.86. The Morgan fingerprint density at radius 2 is 2.18 bits per heavy atom. The van der Waals surface area contributed by atoms with Gasteiger partial charge in [0.1, 0.15) is 0 Å². The van der Waals surface area contributed by atoms with Crippen LogP contribution in [-0.2, 0) is 9.59 Å². The molecule has 1 aliphatic heterocycles. The van der Waals surface area contributed by atoms with Crippen LogP contribution in [0.25, 0.3) is 0 Å². The summed E-state index contributed by atoms with van der Waals surface area (Å²) in [5, 5.41) is 2.36. The van der Waals surface area contributed by atoms with E-state index in [0.29, 0.717) is 6.42 Å². The molecular weight excluding hydrogens is 218 g/mol. The van der Waals surface area contributed by atoms with Crippen LogP contribution in [0, 0.1) is 5.92 Å². The molecule has 2 unspecified atom stereocenters. The van der Waals surface area contributed by atoms with Gasteiger partial charge in [-0.3, -0.25) is 14.9 Å². The zero-order chi connectivity index (χ0) is 12.6. The molecule has 0 aromatic carbocycles. The maximum absolute atomic E-state index is 11.6. The molecule has 5 nitrogen and oxygen atoms in total. The average molecular weight is 235 g/mol. The number of imide groups is 1. The number of aromatic nitrogens is 2. The third kappa shape index (κ3) is 2.09. The molecule has 0 radical (unpaired) electrons. The number of hydrogen-bond donors (Lipinski definition) is 1. The van der Waals surface area contributed by atoms with E-state index in [2.05, 4.69) is 24.1 Å². The van der Waals surface area contributed by atoms with Gasteiger partial charge in [-0.05, 0) is 13.8 Å². The van der Waals surface area contributed by atoms with Gasteiger partial charge in [0.25, 0.3) is 0 Å². The largest absolute Gasteiger partial charge is 0.332 e. The lowest BCUT2D eigenvalue weighted by Crippen LogP contribution is -2.44. The number of amides is 2. The molecule has 0 spiro atoms. The predicted octanol–water partition coefficient (Wildman–Crippen LogP) is 1.23. The Balaban J connectivity index is 2.34. The fourth-order valence-electron chi connectivity index (χ4n) is 2.26. The van der Waals surface area contributed by atoms with Crippen LogP contribution in [0.4, 0.5) is 0 Å². The molecule has 5 heteroatoms. The minimum Gasteiger partial charge on any atom is -0.332 e. The summed E-state index contributed by atoms with van der Waals surface area (Å²) in [5.41, 5.74) is 0.968. The summed E-state index contributed by atoms with van der Waals surface area (Å²) in [4.78, 5) is 27.2. The van der Waals surface area contributed by atoms with Crippen molar-refractivity contribution >= 4 is 11.8 Å². The number of nitrogens with zero attached hydrogens (tertiary/aromatic N) is 2. The van der Waals surface area contributed by atoms with Crippen molar-refractivity contribution in [3.05, 3.63) is 18.2 Å². The third-order valence-electron chi connectivity index (χ3n) is 3.32. The quantitative estimate of drug-likeness (QED) is 0.784. The van der Waals surface area contributed by atoms with Crippen LogP contribution in [0.2, 0.25) is 0 Å². The van der Waals surface area contributed by atoms with Crippen molar-refractivity contribution in [1.82, 2.24) is 14.9 Å². The molecule has 1 aliphatic rings. The van der Waals surface area contributed by atoms with Gasteiger partial charge in [0, 0.05) is 36.2 Å². The van der Waals surface area contributed by atoms with Crippen molar-refractivity contribution in [2.45, 2.75) is 39.2 Å². The number of carbonyl (C=O) groups is 2. The molecule has 1 saturated heterocycles.